The van der Waals surface area contributed by atoms with Crippen molar-refractivity contribution in [1.82, 2.24) is 4.90 Å². The highest BCUT2D eigenvalue weighted by Gasteiger charge is 2.58. The van der Waals surface area contributed by atoms with Crippen molar-refractivity contribution in [3.8, 4) is 0 Å². The third-order valence-corrected chi connectivity index (χ3v) is 4.18. The van der Waals surface area contributed by atoms with E-state index in [1.807, 2.05) is 0 Å². The van der Waals surface area contributed by atoms with Gasteiger partial charge in [0.25, 0.3) is 0 Å². The van der Waals surface area contributed by atoms with E-state index in [0.29, 0.717) is 0 Å². The first-order valence-electron chi connectivity index (χ1n) is 6.83. The van der Waals surface area contributed by atoms with Crippen LogP contribution < -0.4 is 0 Å². The Hall–Kier alpha value is -1.68. The number of rotatable bonds is 3. The van der Waals surface area contributed by atoms with Gasteiger partial charge in [-0.15, -0.1) is 0 Å². The highest BCUT2D eigenvalue weighted by atomic mass is 79.9. The minimum absolute atomic E-state index is 0.184. The van der Waals surface area contributed by atoms with Gasteiger partial charge in [-0.2, -0.15) is 0 Å². The van der Waals surface area contributed by atoms with Crippen molar-refractivity contribution in [2.75, 3.05) is 6.61 Å². The van der Waals surface area contributed by atoms with E-state index in [0.717, 1.165) is 4.90 Å². The van der Waals surface area contributed by atoms with Gasteiger partial charge in [-0.3, -0.25) is 14.4 Å². The third-order valence-electron chi connectivity index (χ3n) is 3.42. The monoisotopic (exact) mass is 393 g/mol. The number of esters is 2. The van der Waals surface area contributed by atoms with Crippen LogP contribution >= 0.6 is 15.9 Å². The molecule has 2 aliphatic rings. The predicted octanol–water partition coefficient (Wildman–Crippen LogP) is 0.337. The molecule has 10 heteroatoms. The fourth-order valence-corrected chi connectivity index (χ4v) is 3.40. The quantitative estimate of drug-likeness (QED) is 0.383. The maximum Gasteiger partial charge on any atom is 0.417 e. The summed E-state index contributed by atoms with van der Waals surface area (Å²) >= 11 is 3.24. The van der Waals surface area contributed by atoms with Crippen molar-refractivity contribution in [3.05, 3.63) is 0 Å². The zero-order valence-corrected chi connectivity index (χ0v) is 14.3. The summed E-state index contributed by atoms with van der Waals surface area (Å²) in [5, 5.41) is -0.754. The second-order valence-electron chi connectivity index (χ2n) is 5.13. The topological polar surface area (TPSA) is 108 Å². The number of nitrogens with zero attached hydrogens (tertiary/aromatic N) is 1. The molecule has 2 heterocycles. The van der Waals surface area contributed by atoms with E-state index in [1.165, 1.54) is 20.8 Å². The number of alkyl halides is 1. The maximum atomic E-state index is 11.9. The summed E-state index contributed by atoms with van der Waals surface area (Å²) in [7, 11) is 0. The lowest BCUT2D eigenvalue weighted by molar-refractivity contribution is -0.195. The van der Waals surface area contributed by atoms with Crippen molar-refractivity contribution >= 4 is 39.9 Å². The number of halogens is 1. The number of hydrogen-bond donors (Lipinski definition) is 0. The zero-order chi connectivity index (χ0) is 17.3. The minimum atomic E-state index is -1.00. The maximum absolute atomic E-state index is 11.9. The van der Waals surface area contributed by atoms with Crippen LogP contribution in [0.3, 0.4) is 0 Å². The fraction of sp³-hybridized carbons (Fsp3) is 0.692. The second-order valence-corrected chi connectivity index (χ2v) is 6.03. The molecule has 2 amide bonds. The molecule has 0 aromatic carbocycles. The molecule has 2 aliphatic heterocycles. The smallest absolute Gasteiger partial charge is 0.417 e. The lowest BCUT2D eigenvalue weighted by Crippen LogP contribution is -2.60. The van der Waals surface area contributed by atoms with Gasteiger partial charge in [0, 0.05) is 20.8 Å². The van der Waals surface area contributed by atoms with Crippen molar-refractivity contribution in [2.45, 2.75) is 50.1 Å². The molecule has 0 radical (unpaired) electrons. The molecule has 0 spiro atoms. The van der Waals surface area contributed by atoms with E-state index in [-0.39, 0.29) is 6.61 Å². The van der Waals surface area contributed by atoms with Gasteiger partial charge in [0.2, 0.25) is 5.91 Å². The highest BCUT2D eigenvalue weighted by Crippen LogP contribution is 2.37. The van der Waals surface area contributed by atoms with Gasteiger partial charge < -0.3 is 18.9 Å². The predicted molar refractivity (Wildman–Crippen MR) is 76.4 cm³/mol. The average molecular weight is 394 g/mol. The van der Waals surface area contributed by atoms with E-state index in [2.05, 4.69) is 15.9 Å². The molecule has 5 atom stereocenters. The van der Waals surface area contributed by atoms with Crippen molar-refractivity contribution in [3.63, 3.8) is 0 Å². The van der Waals surface area contributed by atoms with Crippen LogP contribution in [-0.2, 0) is 33.3 Å². The van der Waals surface area contributed by atoms with Gasteiger partial charge in [-0.25, -0.2) is 9.69 Å². The lowest BCUT2D eigenvalue weighted by atomic mass is 9.97. The van der Waals surface area contributed by atoms with Crippen molar-refractivity contribution < 1.29 is 38.1 Å². The minimum Gasteiger partial charge on any atom is -0.463 e. The number of amides is 2. The molecule has 0 saturated carbocycles. The van der Waals surface area contributed by atoms with Crippen molar-refractivity contribution in [1.29, 1.82) is 0 Å². The van der Waals surface area contributed by atoms with Gasteiger partial charge in [0.15, 0.2) is 12.2 Å². The van der Waals surface area contributed by atoms with E-state index < -0.39 is 53.3 Å². The number of fused-ring (bicyclic) bond motifs is 1. The Labute approximate surface area is 140 Å². The Morgan fingerprint density at radius 1 is 1.22 bits per heavy atom. The van der Waals surface area contributed by atoms with Crippen LogP contribution in [0.1, 0.15) is 20.8 Å². The molecule has 2 saturated heterocycles. The summed E-state index contributed by atoms with van der Waals surface area (Å²) in [5.41, 5.74) is 0. The normalized spacial score (nSPS) is 32.8. The third kappa shape index (κ3) is 3.63. The first-order chi connectivity index (χ1) is 10.7. The van der Waals surface area contributed by atoms with Crippen LogP contribution in [0.25, 0.3) is 0 Å². The van der Waals surface area contributed by atoms with Crippen LogP contribution in [0.15, 0.2) is 0 Å². The summed E-state index contributed by atoms with van der Waals surface area (Å²) in [4.78, 5) is 46.8. The van der Waals surface area contributed by atoms with Crippen LogP contribution in [0.2, 0.25) is 0 Å². The molecule has 0 aliphatic carbocycles. The largest absolute Gasteiger partial charge is 0.463 e. The summed E-state index contributed by atoms with van der Waals surface area (Å²) < 4.78 is 20.9. The summed E-state index contributed by atoms with van der Waals surface area (Å²) in [5.74, 6) is -1.66. The number of ether oxygens (including phenoxy) is 4. The van der Waals surface area contributed by atoms with Crippen LogP contribution in [0, 0.1) is 0 Å². The van der Waals surface area contributed by atoms with E-state index in [1.54, 1.807) is 0 Å². The van der Waals surface area contributed by atoms with Gasteiger partial charge in [0.1, 0.15) is 23.8 Å². The molecular formula is C13H16BrNO8. The van der Waals surface area contributed by atoms with E-state index >= 15 is 0 Å². The first kappa shape index (κ1) is 17.7. The molecule has 0 N–H and O–H groups in total. The highest BCUT2D eigenvalue weighted by molar-refractivity contribution is 9.09. The van der Waals surface area contributed by atoms with Gasteiger partial charge in [0.05, 0.1) is 0 Å². The number of imide groups is 1. The molecule has 0 aromatic rings. The standard InChI is InChI=1S/C13H16BrNO8/c1-5(16)15-9-11(23-13(15)19)10(21-7(3)18)8(22-12(9)14)4-20-6(2)17/h8-12H,4H2,1-3H3/t8-,9-,10-,11-,12+/m1/s1. The molecule has 2 fully saturated rings. The Bertz CT molecular complexity index is 538. The molecule has 2 rings (SSSR count). The second kappa shape index (κ2) is 6.83. The Morgan fingerprint density at radius 2 is 1.87 bits per heavy atom. The molecule has 23 heavy (non-hydrogen) atoms. The van der Waals surface area contributed by atoms with Crippen LogP contribution in [0.5, 0.6) is 0 Å². The van der Waals surface area contributed by atoms with Crippen LogP contribution in [0.4, 0.5) is 4.79 Å². The number of hydrogen-bond acceptors (Lipinski definition) is 8. The summed E-state index contributed by atoms with van der Waals surface area (Å²) in [6.07, 6.45) is -3.60. The molecule has 0 bridgehead atoms. The number of carbonyl (C=O) groups is 4. The Balaban J connectivity index is 2.27. The van der Waals surface area contributed by atoms with Crippen molar-refractivity contribution in [2.24, 2.45) is 0 Å². The number of carbonyl (C=O) groups excluding carboxylic acids is 4. The molecule has 128 valence electrons. The van der Waals surface area contributed by atoms with E-state index in [9.17, 15) is 19.2 Å². The Kier molecular flexibility index (Phi) is 5.25. The molecule has 9 nitrogen and oxygen atoms in total. The first-order valence-corrected chi connectivity index (χ1v) is 7.74. The lowest BCUT2D eigenvalue weighted by Gasteiger charge is -2.40. The molecule has 0 aromatic heterocycles. The fourth-order valence-electron chi connectivity index (χ4n) is 2.58. The van der Waals surface area contributed by atoms with Gasteiger partial charge in [-0.1, -0.05) is 15.9 Å². The van der Waals surface area contributed by atoms with Gasteiger partial charge >= 0.3 is 18.0 Å². The van der Waals surface area contributed by atoms with E-state index in [4.69, 9.17) is 18.9 Å². The summed E-state index contributed by atoms with van der Waals surface area (Å²) in [6.45, 7) is 3.45. The SMILES string of the molecule is CC(=O)OC[C@H]1O[C@H](Br)[C@H]2[C@@H](OC(=O)N2C(C)=O)[C@@H]1OC(C)=O. The Morgan fingerprint density at radius 3 is 2.39 bits per heavy atom. The van der Waals surface area contributed by atoms with Gasteiger partial charge in [-0.05, 0) is 0 Å². The average Bonchev–Trinajstić information content (AvgIpc) is 2.77. The summed E-state index contributed by atoms with van der Waals surface area (Å²) in [6, 6.07) is -0.794. The molecular weight excluding hydrogens is 378 g/mol. The zero-order valence-electron chi connectivity index (χ0n) is 12.7. The van der Waals surface area contributed by atoms with Crippen LogP contribution in [-0.4, -0.2) is 64.8 Å². The molecule has 0 unspecified atom stereocenters.